The molecule has 3 heterocycles. The molecular formula is C22H32N4O2S. The smallest absolute Gasteiger partial charge is 0.222 e. The van der Waals surface area contributed by atoms with Gasteiger partial charge in [-0.3, -0.25) is 14.7 Å². The molecule has 0 radical (unpaired) electrons. The molecule has 2 aromatic rings. The normalized spacial score (nSPS) is 16.3. The Bertz CT molecular complexity index is 772. The van der Waals surface area contributed by atoms with Crippen LogP contribution in [0.4, 0.5) is 0 Å². The third-order valence-corrected chi connectivity index (χ3v) is 6.38. The summed E-state index contributed by atoms with van der Waals surface area (Å²) >= 11 is 1.59. The number of carbonyl (C=O) groups is 1. The van der Waals surface area contributed by atoms with Gasteiger partial charge in [0.15, 0.2) is 0 Å². The maximum Gasteiger partial charge on any atom is 0.222 e. The van der Waals surface area contributed by atoms with Crippen molar-refractivity contribution in [3.8, 4) is 0 Å². The fourth-order valence-corrected chi connectivity index (χ4v) is 4.72. The third-order valence-electron chi connectivity index (χ3n) is 5.55. The summed E-state index contributed by atoms with van der Waals surface area (Å²) in [5.41, 5.74) is 1.00. The first-order chi connectivity index (χ1) is 14.0. The van der Waals surface area contributed by atoms with Gasteiger partial charge in [0.1, 0.15) is 10.6 Å². The second-order valence-corrected chi connectivity index (χ2v) is 8.97. The van der Waals surface area contributed by atoms with Crippen molar-refractivity contribution >= 4 is 17.2 Å². The topological polar surface area (TPSA) is 69.6 Å². The number of thiazole rings is 1. The van der Waals surface area contributed by atoms with Crippen molar-refractivity contribution < 1.29 is 9.90 Å². The number of nitrogens with zero attached hydrogens (tertiary/aromatic N) is 4. The van der Waals surface area contributed by atoms with Gasteiger partial charge in [-0.25, -0.2) is 4.98 Å². The Kier molecular flexibility index (Phi) is 7.75. The molecule has 0 spiro atoms. The summed E-state index contributed by atoms with van der Waals surface area (Å²) in [6.07, 6.45) is 8.57. The lowest BCUT2D eigenvalue weighted by Crippen LogP contribution is -2.45. The molecule has 1 fully saturated rings. The van der Waals surface area contributed by atoms with E-state index in [-0.39, 0.29) is 5.91 Å². The van der Waals surface area contributed by atoms with Crippen LogP contribution in [-0.4, -0.2) is 50.9 Å². The van der Waals surface area contributed by atoms with E-state index in [4.69, 9.17) is 4.98 Å². The summed E-state index contributed by atoms with van der Waals surface area (Å²) < 4.78 is 0. The highest BCUT2D eigenvalue weighted by Gasteiger charge is 2.37. The fraction of sp³-hybridized carbons (Fsp3) is 0.591. The molecule has 0 atom stereocenters. The fourth-order valence-electron chi connectivity index (χ4n) is 3.75. The number of piperidine rings is 1. The lowest BCUT2D eigenvalue weighted by Gasteiger charge is -2.37. The van der Waals surface area contributed by atoms with E-state index >= 15 is 0 Å². The monoisotopic (exact) mass is 416 g/mol. The zero-order valence-electron chi connectivity index (χ0n) is 17.5. The summed E-state index contributed by atoms with van der Waals surface area (Å²) in [7, 11) is 2.06. The summed E-state index contributed by atoms with van der Waals surface area (Å²) in [6, 6.07) is 4.01. The molecule has 0 aliphatic carbocycles. The number of hydrogen-bond donors (Lipinski definition) is 1. The average Bonchev–Trinajstić information content (AvgIpc) is 3.18. The molecule has 1 aliphatic heterocycles. The largest absolute Gasteiger partial charge is 0.383 e. The Morgan fingerprint density at radius 1 is 1.31 bits per heavy atom. The van der Waals surface area contributed by atoms with Crippen LogP contribution in [0.2, 0.25) is 0 Å². The number of carbonyl (C=O) groups excluding carboxylic acids is 1. The predicted octanol–water partition coefficient (Wildman–Crippen LogP) is 3.56. The van der Waals surface area contributed by atoms with Gasteiger partial charge in [-0.2, -0.15) is 0 Å². The van der Waals surface area contributed by atoms with Crippen LogP contribution in [0.5, 0.6) is 0 Å². The molecule has 1 N–H and O–H groups in total. The SMILES string of the molecule is CCCCCC(=O)N1CCC(O)(c2csc(CN(C)Cc3cccnc3)n2)CC1. The summed E-state index contributed by atoms with van der Waals surface area (Å²) in [4.78, 5) is 25.3. The lowest BCUT2D eigenvalue weighted by atomic mass is 9.88. The average molecular weight is 417 g/mol. The molecule has 6 nitrogen and oxygen atoms in total. The second kappa shape index (κ2) is 10.3. The maximum atomic E-state index is 12.3. The first-order valence-corrected chi connectivity index (χ1v) is 11.4. The highest BCUT2D eigenvalue weighted by atomic mass is 32.1. The van der Waals surface area contributed by atoms with Crippen LogP contribution in [0.1, 0.15) is 61.7 Å². The van der Waals surface area contributed by atoms with Gasteiger partial charge in [0, 0.05) is 43.8 Å². The van der Waals surface area contributed by atoms with E-state index < -0.39 is 5.60 Å². The molecule has 7 heteroatoms. The molecule has 1 aliphatic rings. The van der Waals surface area contributed by atoms with Crippen molar-refractivity contribution in [3.63, 3.8) is 0 Å². The minimum Gasteiger partial charge on any atom is -0.383 e. The van der Waals surface area contributed by atoms with Gasteiger partial charge in [0.25, 0.3) is 0 Å². The Morgan fingerprint density at radius 3 is 2.79 bits per heavy atom. The molecule has 1 saturated heterocycles. The van der Waals surface area contributed by atoms with Crippen molar-refractivity contribution in [3.05, 3.63) is 46.2 Å². The highest BCUT2D eigenvalue weighted by molar-refractivity contribution is 7.09. The molecule has 0 aromatic carbocycles. The Hall–Kier alpha value is -1.83. The zero-order valence-corrected chi connectivity index (χ0v) is 18.3. The van der Waals surface area contributed by atoms with E-state index in [9.17, 15) is 9.90 Å². The minimum atomic E-state index is -0.920. The first-order valence-electron chi connectivity index (χ1n) is 10.5. The van der Waals surface area contributed by atoms with Gasteiger partial charge in [0.2, 0.25) is 5.91 Å². The summed E-state index contributed by atoms with van der Waals surface area (Å²) in [5, 5.41) is 14.1. The molecule has 0 saturated carbocycles. The highest BCUT2D eigenvalue weighted by Crippen LogP contribution is 2.34. The van der Waals surface area contributed by atoms with E-state index in [2.05, 4.69) is 29.9 Å². The first kappa shape index (κ1) is 21.9. The molecule has 0 unspecified atom stereocenters. The maximum absolute atomic E-state index is 12.3. The van der Waals surface area contributed by atoms with Gasteiger partial charge in [-0.15, -0.1) is 11.3 Å². The number of hydrogen-bond acceptors (Lipinski definition) is 6. The summed E-state index contributed by atoms with van der Waals surface area (Å²) in [6.45, 7) is 4.90. The minimum absolute atomic E-state index is 0.219. The Labute approximate surface area is 177 Å². The van der Waals surface area contributed by atoms with Gasteiger partial charge in [-0.1, -0.05) is 25.8 Å². The van der Waals surface area contributed by atoms with Crippen molar-refractivity contribution in [1.82, 2.24) is 19.8 Å². The quantitative estimate of drug-likeness (QED) is 0.633. The van der Waals surface area contributed by atoms with Crippen LogP contribution >= 0.6 is 11.3 Å². The van der Waals surface area contributed by atoms with Crippen molar-refractivity contribution in [2.24, 2.45) is 0 Å². The van der Waals surface area contributed by atoms with Gasteiger partial charge in [-0.05, 0) is 37.9 Å². The second-order valence-electron chi connectivity index (χ2n) is 8.03. The number of aromatic nitrogens is 2. The van der Waals surface area contributed by atoms with Crippen molar-refractivity contribution in [2.75, 3.05) is 20.1 Å². The molecule has 3 rings (SSSR count). The van der Waals surface area contributed by atoms with Crippen LogP contribution in [0.25, 0.3) is 0 Å². The molecular weight excluding hydrogens is 384 g/mol. The zero-order chi connectivity index (χ0) is 20.7. The van der Waals surface area contributed by atoms with E-state index in [1.807, 2.05) is 22.5 Å². The number of amides is 1. The van der Waals surface area contributed by atoms with Gasteiger partial charge in [0.05, 0.1) is 12.2 Å². The number of unbranched alkanes of at least 4 members (excludes halogenated alkanes) is 2. The van der Waals surface area contributed by atoms with Gasteiger partial charge >= 0.3 is 0 Å². The molecule has 29 heavy (non-hydrogen) atoms. The number of pyridine rings is 1. The van der Waals surface area contributed by atoms with E-state index in [0.717, 1.165) is 43.1 Å². The van der Waals surface area contributed by atoms with E-state index in [1.165, 1.54) is 5.56 Å². The van der Waals surface area contributed by atoms with Crippen LogP contribution in [0.15, 0.2) is 29.9 Å². The Morgan fingerprint density at radius 2 is 2.10 bits per heavy atom. The third kappa shape index (κ3) is 6.07. The van der Waals surface area contributed by atoms with Crippen LogP contribution in [0, 0.1) is 0 Å². The molecule has 2 aromatic heterocycles. The van der Waals surface area contributed by atoms with Crippen LogP contribution in [0.3, 0.4) is 0 Å². The number of likely N-dealkylation sites (tertiary alicyclic amines) is 1. The van der Waals surface area contributed by atoms with Crippen LogP contribution in [-0.2, 0) is 23.5 Å². The summed E-state index contributed by atoms with van der Waals surface area (Å²) in [5.74, 6) is 0.219. The predicted molar refractivity (Wildman–Crippen MR) is 115 cm³/mol. The molecule has 1 amide bonds. The van der Waals surface area contributed by atoms with E-state index in [1.54, 1.807) is 17.5 Å². The lowest BCUT2D eigenvalue weighted by molar-refractivity contribution is -0.136. The van der Waals surface area contributed by atoms with Crippen molar-refractivity contribution in [1.29, 1.82) is 0 Å². The number of aliphatic hydroxyl groups is 1. The Balaban J connectivity index is 1.51. The molecule has 0 bridgehead atoms. The number of rotatable bonds is 9. The van der Waals surface area contributed by atoms with E-state index in [0.29, 0.717) is 32.4 Å². The van der Waals surface area contributed by atoms with Gasteiger partial charge < -0.3 is 10.0 Å². The molecule has 158 valence electrons. The van der Waals surface area contributed by atoms with Crippen molar-refractivity contribution in [2.45, 2.75) is 64.1 Å². The standard InChI is InChI=1S/C22H32N4O2S/c1-3-4-5-8-21(27)26-12-9-22(28,10-13-26)19-17-29-20(24-19)16-25(2)15-18-7-6-11-23-14-18/h6-7,11,14,17,28H,3-5,8-10,12-13,15-16H2,1-2H3. The van der Waals surface area contributed by atoms with Crippen LogP contribution < -0.4 is 0 Å².